The van der Waals surface area contributed by atoms with E-state index < -0.39 is 0 Å². The van der Waals surface area contributed by atoms with Crippen molar-refractivity contribution in [2.24, 2.45) is 11.3 Å². The fourth-order valence-electron chi connectivity index (χ4n) is 1.15. The molecule has 0 aliphatic carbocycles. The Morgan fingerprint density at radius 2 is 1.79 bits per heavy atom. The highest BCUT2D eigenvalue weighted by Gasteiger charge is 2.32. The maximum atomic E-state index is 11.7. The number of hydrogen-bond donors (Lipinski definition) is 0. The summed E-state index contributed by atoms with van der Waals surface area (Å²) in [6.45, 7) is 10.2. The van der Waals surface area contributed by atoms with Gasteiger partial charge in [-0.1, -0.05) is 20.8 Å². The van der Waals surface area contributed by atoms with Crippen molar-refractivity contribution < 1.29 is 14.3 Å². The van der Waals surface area contributed by atoms with E-state index in [9.17, 15) is 4.79 Å². The lowest BCUT2D eigenvalue weighted by Crippen LogP contribution is -2.35. The lowest BCUT2D eigenvalue weighted by molar-refractivity contribution is -0.158. The van der Waals surface area contributed by atoms with Crippen LogP contribution in [0.2, 0.25) is 0 Å². The Morgan fingerprint density at radius 3 is 2.07 bits per heavy atom. The van der Waals surface area contributed by atoms with Gasteiger partial charge < -0.3 is 9.47 Å². The highest BCUT2D eigenvalue weighted by molar-refractivity contribution is 5.73. The smallest absolute Gasteiger partial charge is 0.312 e. The van der Waals surface area contributed by atoms with Gasteiger partial charge in [0.15, 0.2) is 0 Å². The van der Waals surface area contributed by atoms with Crippen molar-refractivity contribution in [2.75, 3.05) is 13.7 Å². The van der Waals surface area contributed by atoms with Crippen molar-refractivity contribution in [2.45, 2.75) is 40.7 Å². The average Bonchev–Trinajstić information content (AvgIpc) is 1.96. The molecular weight excluding hydrogens is 180 g/mol. The highest BCUT2D eigenvalue weighted by atomic mass is 16.5. The molecule has 0 aromatic heterocycles. The van der Waals surface area contributed by atoms with E-state index in [0.29, 0.717) is 6.61 Å². The van der Waals surface area contributed by atoms with Crippen LogP contribution in [0, 0.1) is 11.3 Å². The summed E-state index contributed by atoms with van der Waals surface area (Å²) in [6, 6.07) is 0. The van der Waals surface area contributed by atoms with Crippen LogP contribution in [0.3, 0.4) is 0 Å². The molecule has 0 N–H and O–H groups in total. The number of hydrogen-bond acceptors (Lipinski definition) is 3. The molecule has 3 nitrogen and oxygen atoms in total. The molecule has 0 aromatic rings. The summed E-state index contributed by atoms with van der Waals surface area (Å²) in [5, 5.41) is 0. The van der Waals surface area contributed by atoms with Gasteiger partial charge in [0.05, 0.1) is 18.6 Å². The zero-order valence-electron chi connectivity index (χ0n) is 10.1. The molecule has 0 heterocycles. The molecule has 14 heavy (non-hydrogen) atoms. The Hall–Kier alpha value is -0.570. The second-order valence-electron chi connectivity index (χ2n) is 4.86. The zero-order valence-corrected chi connectivity index (χ0v) is 10.1. The minimum Gasteiger partial charge on any atom is -0.463 e. The van der Waals surface area contributed by atoms with Crippen LogP contribution in [0.5, 0.6) is 0 Å². The number of rotatable bonds is 4. The van der Waals surface area contributed by atoms with Gasteiger partial charge in [-0.25, -0.2) is 0 Å². The molecule has 0 amide bonds. The summed E-state index contributed by atoms with van der Waals surface area (Å²) in [4.78, 5) is 11.7. The first-order valence-corrected chi connectivity index (χ1v) is 4.98. The van der Waals surface area contributed by atoms with E-state index in [2.05, 4.69) is 0 Å². The second-order valence-corrected chi connectivity index (χ2v) is 4.86. The predicted octanol–water partition coefficient (Wildman–Crippen LogP) is 2.25. The van der Waals surface area contributed by atoms with Crippen molar-refractivity contribution in [3.63, 3.8) is 0 Å². The summed E-state index contributed by atoms with van der Waals surface area (Å²) in [7, 11) is 1.60. The molecule has 0 fully saturated rings. The average molecular weight is 202 g/mol. The molecule has 0 saturated heterocycles. The molecule has 0 saturated carbocycles. The number of esters is 1. The van der Waals surface area contributed by atoms with Gasteiger partial charge in [-0.15, -0.1) is 0 Å². The van der Waals surface area contributed by atoms with Crippen molar-refractivity contribution in [3.8, 4) is 0 Å². The quantitative estimate of drug-likeness (QED) is 0.656. The lowest BCUT2D eigenvalue weighted by atomic mass is 9.81. The first kappa shape index (κ1) is 13.4. The van der Waals surface area contributed by atoms with Crippen LogP contribution in [-0.2, 0) is 14.3 Å². The van der Waals surface area contributed by atoms with Gasteiger partial charge in [0.25, 0.3) is 0 Å². The van der Waals surface area contributed by atoms with Crippen molar-refractivity contribution in [1.82, 2.24) is 0 Å². The van der Waals surface area contributed by atoms with Crippen molar-refractivity contribution in [3.05, 3.63) is 0 Å². The van der Waals surface area contributed by atoms with Crippen LogP contribution in [0.25, 0.3) is 0 Å². The van der Waals surface area contributed by atoms with E-state index in [4.69, 9.17) is 9.47 Å². The van der Waals surface area contributed by atoms with Gasteiger partial charge >= 0.3 is 5.97 Å². The third kappa shape index (κ3) is 4.61. The number of carbonyl (C=O) groups is 1. The first-order chi connectivity index (χ1) is 6.29. The molecular formula is C11H22O3. The summed E-state index contributed by atoms with van der Waals surface area (Å²) in [5.41, 5.74) is -0.123. The van der Waals surface area contributed by atoms with Crippen LogP contribution in [0.15, 0.2) is 0 Å². The number of carbonyl (C=O) groups excluding carboxylic acids is 1. The molecule has 1 unspecified atom stereocenters. The van der Waals surface area contributed by atoms with E-state index in [1.54, 1.807) is 7.11 Å². The summed E-state index contributed by atoms with van der Waals surface area (Å²) in [5.74, 6) is -0.371. The summed E-state index contributed by atoms with van der Waals surface area (Å²) < 4.78 is 10.2. The van der Waals surface area contributed by atoms with Gasteiger partial charge in [0.2, 0.25) is 0 Å². The molecule has 0 aromatic carbocycles. The minimum absolute atomic E-state index is 0.0655. The fourth-order valence-corrected chi connectivity index (χ4v) is 1.15. The molecule has 84 valence electrons. The number of ether oxygens (including phenoxy) is 2. The molecule has 3 heteroatoms. The Balaban J connectivity index is 4.42. The van der Waals surface area contributed by atoms with Crippen LogP contribution in [0.4, 0.5) is 0 Å². The van der Waals surface area contributed by atoms with E-state index in [0.717, 1.165) is 0 Å². The fraction of sp³-hybridized carbons (Fsp3) is 0.909. The van der Waals surface area contributed by atoms with Gasteiger partial charge in [-0.2, -0.15) is 0 Å². The Morgan fingerprint density at radius 1 is 1.29 bits per heavy atom. The molecule has 0 aliphatic rings. The van der Waals surface area contributed by atoms with Gasteiger partial charge in [0.1, 0.15) is 0 Å². The SMILES string of the molecule is COCC(C(=O)OC(C)C)C(C)(C)C. The van der Waals surface area contributed by atoms with Crippen LogP contribution in [0.1, 0.15) is 34.6 Å². The van der Waals surface area contributed by atoms with Crippen molar-refractivity contribution in [1.29, 1.82) is 0 Å². The second kappa shape index (κ2) is 5.35. The van der Waals surface area contributed by atoms with Gasteiger partial charge in [-0.05, 0) is 19.3 Å². The minimum atomic E-state index is -0.199. The first-order valence-electron chi connectivity index (χ1n) is 4.98. The lowest BCUT2D eigenvalue weighted by Gasteiger charge is -2.28. The standard InChI is InChI=1S/C11H22O3/c1-8(2)14-10(12)9(7-13-6)11(3,4)5/h8-9H,7H2,1-6H3. The summed E-state index contributed by atoms with van der Waals surface area (Å²) >= 11 is 0. The van der Waals surface area contributed by atoms with Crippen LogP contribution in [-0.4, -0.2) is 25.8 Å². The molecule has 0 bridgehead atoms. The third-order valence-corrected chi connectivity index (χ3v) is 2.02. The van der Waals surface area contributed by atoms with Crippen LogP contribution < -0.4 is 0 Å². The van der Waals surface area contributed by atoms with Gasteiger partial charge in [0, 0.05) is 7.11 Å². The monoisotopic (exact) mass is 202 g/mol. The highest BCUT2D eigenvalue weighted by Crippen LogP contribution is 2.27. The zero-order chi connectivity index (χ0) is 11.4. The van der Waals surface area contributed by atoms with Crippen LogP contribution >= 0.6 is 0 Å². The normalized spacial score (nSPS) is 14.2. The van der Waals surface area contributed by atoms with E-state index in [1.165, 1.54) is 0 Å². The molecule has 0 radical (unpaired) electrons. The number of methoxy groups -OCH3 is 1. The Kier molecular flexibility index (Phi) is 5.13. The maximum Gasteiger partial charge on any atom is 0.312 e. The van der Waals surface area contributed by atoms with E-state index in [1.807, 2.05) is 34.6 Å². The molecule has 0 aliphatic heterocycles. The van der Waals surface area contributed by atoms with Crippen molar-refractivity contribution >= 4 is 5.97 Å². The predicted molar refractivity (Wildman–Crippen MR) is 56.0 cm³/mol. The molecule has 1 atom stereocenters. The largest absolute Gasteiger partial charge is 0.463 e. The van der Waals surface area contributed by atoms with E-state index >= 15 is 0 Å². The maximum absolute atomic E-state index is 11.7. The Labute approximate surface area is 86.8 Å². The Bertz CT molecular complexity index is 179. The molecule has 0 spiro atoms. The third-order valence-electron chi connectivity index (χ3n) is 2.02. The van der Waals surface area contributed by atoms with E-state index in [-0.39, 0.29) is 23.4 Å². The van der Waals surface area contributed by atoms with Gasteiger partial charge in [-0.3, -0.25) is 4.79 Å². The topological polar surface area (TPSA) is 35.5 Å². The summed E-state index contributed by atoms with van der Waals surface area (Å²) in [6.07, 6.45) is -0.0655. The molecule has 0 rings (SSSR count).